The molecule has 0 bridgehead atoms. The number of rotatable bonds is 3. The van der Waals surface area contributed by atoms with Gasteiger partial charge in [0.2, 0.25) is 0 Å². The number of hydrogen-bond acceptors (Lipinski definition) is 4. The summed E-state index contributed by atoms with van der Waals surface area (Å²) >= 11 is 0. The van der Waals surface area contributed by atoms with Gasteiger partial charge >= 0.3 is 17.9 Å². The zero-order valence-electron chi connectivity index (χ0n) is 8.26. The van der Waals surface area contributed by atoms with Crippen molar-refractivity contribution in [3.05, 3.63) is 29.3 Å². The zero-order chi connectivity index (χ0) is 12.3. The molecule has 84 valence electrons. The Bertz CT molecular complexity index is 430. The van der Waals surface area contributed by atoms with Crippen molar-refractivity contribution in [1.82, 2.24) is 0 Å². The van der Waals surface area contributed by atoms with Crippen LogP contribution in [0, 0.1) is 0 Å². The third-order valence-corrected chi connectivity index (χ3v) is 1.72. The standard InChI is InChI=1S/C10H8O6/c1-5(11)16-8-6(9(12)13)3-2-4-7(8)10(14)15/h2-4H,1H3,(H,12,13)(H,14,15)/i9+2. The van der Waals surface area contributed by atoms with E-state index in [0.717, 1.165) is 19.1 Å². The maximum atomic E-state index is 10.8. The first kappa shape index (κ1) is 11.7. The Hall–Kier alpha value is -2.37. The number of carbonyl (C=O) groups excluding carboxylic acids is 1. The van der Waals surface area contributed by atoms with E-state index < -0.39 is 23.7 Å². The van der Waals surface area contributed by atoms with Gasteiger partial charge < -0.3 is 14.9 Å². The Morgan fingerprint density at radius 1 is 1.38 bits per heavy atom. The SMILES string of the molecule is CC(=O)Oc1c(C(=O)O)cccc1[14C](=O)O. The van der Waals surface area contributed by atoms with E-state index in [1.807, 2.05) is 0 Å². The molecule has 2 N–H and O–H groups in total. The minimum absolute atomic E-state index is 0.366. The van der Waals surface area contributed by atoms with Gasteiger partial charge in [0.05, 0.1) is 0 Å². The quantitative estimate of drug-likeness (QED) is 0.589. The number of para-hydroxylation sites is 1. The fourth-order valence-corrected chi connectivity index (χ4v) is 1.13. The number of carboxylic acid groups (broad SMARTS) is 2. The molecule has 0 saturated heterocycles. The second-order valence-electron chi connectivity index (χ2n) is 2.89. The lowest BCUT2D eigenvalue weighted by molar-refractivity contribution is -0.131. The van der Waals surface area contributed by atoms with E-state index in [2.05, 4.69) is 4.74 Å². The van der Waals surface area contributed by atoms with Gasteiger partial charge in [-0.05, 0) is 12.1 Å². The summed E-state index contributed by atoms with van der Waals surface area (Å²) in [6, 6.07) is 3.58. The molecule has 0 spiro atoms. The van der Waals surface area contributed by atoms with Crippen molar-refractivity contribution >= 4 is 17.9 Å². The van der Waals surface area contributed by atoms with E-state index in [4.69, 9.17) is 10.2 Å². The molecule has 0 unspecified atom stereocenters. The molecule has 0 saturated carbocycles. The molecule has 0 radical (unpaired) electrons. The highest BCUT2D eigenvalue weighted by atomic mass is 16.6. The highest BCUT2D eigenvalue weighted by Gasteiger charge is 2.20. The normalized spacial score (nSPS) is 9.56. The molecule has 0 aliphatic carbocycles. The van der Waals surface area contributed by atoms with Gasteiger partial charge in [0, 0.05) is 6.92 Å². The number of ether oxygens (including phenoxy) is 1. The van der Waals surface area contributed by atoms with Crippen LogP contribution in [0.25, 0.3) is 0 Å². The second-order valence-corrected chi connectivity index (χ2v) is 2.89. The lowest BCUT2D eigenvalue weighted by Crippen LogP contribution is -2.12. The smallest absolute Gasteiger partial charge is 0.339 e. The molecule has 1 rings (SSSR count). The predicted octanol–water partition coefficient (Wildman–Crippen LogP) is 1.01. The third-order valence-electron chi connectivity index (χ3n) is 1.72. The van der Waals surface area contributed by atoms with Crippen molar-refractivity contribution in [1.29, 1.82) is 0 Å². The Labute approximate surface area is 90.1 Å². The number of esters is 1. The average Bonchev–Trinajstić information content (AvgIpc) is 2.16. The third kappa shape index (κ3) is 2.35. The number of aromatic carboxylic acids is 2. The summed E-state index contributed by atoms with van der Waals surface area (Å²) in [6.07, 6.45) is 0. The van der Waals surface area contributed by atoms with Crippen molar-refractivity contribution in [2.75, 3.05) is 0 Å². The van der Waals surface area contributed by atoms with E-state index in [1.54, 1.807) is 0 Å². The second kappa shape index (κ2) is 4.43. The molecule has 0 heterocycles. The van der Waals surface area contributed by atoms with E-state index in [1.165, 1.54) is 6.07 Å². The van der Waals surface area contributed by atoms with Crippen LogP contribution < -0.4 is 4.74 Å². The Balaban J connectivity index is 3.40. The average molecular weight is 226 g/mol. The molecule has 0 aromatic heterocycles. The van der Waals surface area contributed by atoms with Crippen LogP contribution in [0.1, 0.15) is 27.6 Å². The molecule has 0 atom stereocenters. The first-order chi connectivity index (χ1) is 7.43. The summed E-state index contributed by atoms with van der Waals surface area (Å²) in [5.74, 6) is -3.95. The fourth-order valence-electron chi connectivity index (χ4n) is 1.13. The van der Waals surface area contributed by atoms with Gasteiger partial charge in [0.25, 0.3) is 0 Å². The predicted molar refractivity (Wildman–Crippen MR) is 51.7 cm³/mol. The van der Waals surface area contributed by atoms with Crippen molar-refractivity contribution in [3.63, 3.8) is 0 Å². The van der Waals surface area contributed by atoms with Crippen LogP contribution in [0.2, 0.25) is 0 Å². The first-order valence-corrected chi connectivity index (χ1v) is 4.21. The van der Waals surface area contributed by atoms with Gasteiger partial charge in [-0.15, -0.1) is 0 Å². The van der Waals surface area contributed by atoms with Crippen LogP contribution in [0.5, 0.6) is 5.75 Å². The number of hydrogen-bond donors (Lipinski definition) is 2. The Kier molecular flexibility index (Phi) is 3.24. The summed E-state index contributed by atoms with van der Waals surface area (Å²) in [7, 11) is 0. The molecule has 0 fully saturated rings. The molecule has 0 aliphatic rings. The summed E-state index contributed by atoms with van der Waals surface area (Å²) in [6.45, 7) is 1.06. The molecule has 0 amide bonds. The highest BCUT2D eigenvalue weighted by molar-refractivity contribution is 5.99. The van der Waals surface area contributed by atoms with Gasteiger partial charge in [-0.25, -0.2) is 9.59 Å². The van der Waals surface area contributed by atoms with Gasteiger partial charge in [0.1, 0.15) is 11.1 Å². The lowest BCUT2D eigenvalue weighted by atomic mass is 10.2. The fraction of sp³-hybridized carbons (Fsp3) is 0.100. The molecule has 16 heavy (non-hydrogen) atoms. The van der Waals surface area contributed by atoms with Gasteiger partial charge in [-0.2, -0.15) is 0 Å². The van der Waals surface area contributed by atoms with Crippen molar-refractivity contribution in [3.8, 4) is 5.75 Å². The summed E-state index contributed by atoms with van der Waals surface area (Å²) in [4.78, 5) is 32.3. The van der Waals surface area contributed by atoms with Crippen molar-refractivity contribution in [2.24, 2.45) is 0 Å². The van der Waals surface area contributed by atoms with Crippen LogP contribution in [0.15, 0.2) is 18.2 Å². The van der Waals surface area contributed by atoms with Crippen LogP contribution in [0.4, 0.5) is 0 Å². The van der Waals surface area contributed by atoms with Crippen LogP contribution in [0.3, 0.4) is 0 Å². The van der Waals surface area contributed by atoms with Crippen LogP contribution in [-0.4, -0.2) is 28.1 Å². The molecule has 6 nitrogen and oxygen atoms in total. The van der Waals surface area contributed by atoms with E-state index in [-0.39, 0.29) is 11.1 Å². The Morgan fingerprint density at radius 2 is 2.00 bits per heavy atom. The zero-order valence-corrected chi connectivity index (χ0v) is 8.26. The highest BCUT2D eigenvalue weighted by Crippen LogP contribution is 2.24. The lowest BCUT2D eigenvalue weighted by Gasteiger charge is -2.08. The van der Waals surface area contributed by atoms with Crippen molar-refractivity contribution in [2.45, 2.75) is 6.92 Å². The molecule has 0 aliphatic heterocycles. The van der Waals surface area contributed by atoms with Crippen LogP contribution >= 0.6 is 0 Å². The first-order valence-electron chi connectivity index (χ1n) is 4.21. The number of carboxylic acids is 2. The van der Waals surface area contributed by atoms with Crippen LogP contribution in [-0.2, 0) is 4.79 Å². The molecule has 1 aromatic carbocycles. The van der Waals surface area contributed by atoms with Gasteiger partial charge in [-0.3, -0.25) is 4.79 Å². The van der Waals surface area contributed by atoms with Crippen molar-refractivity contribution < 1.29 is 29.3 Å². The maximum Gasteiger partial charge on any atom is 0.339 e. The summed E-state index contributed by atoms with van der Waals surface area (Å²) in [5, 5.41) is 17.6. The summed E-state index contributed by atoms with van der Waals surface area (Å²) in [5.41, 5.74) is -0.731. The monoisotopic (exact) mass is 226 g/mol. The minimum atomic E-state index is -1.36. The molecule has 1 aromatic rings. The topological polar surface area (TPSA) is 101 Å². The van der Waals surface area contributed by atoms with Gasteiger partial charge in [0.15, 0.2) is 5.75 Å². The summed E-state index contributed by atoms with van der Waals surface area (Å²) < 4.78 is 4.60. The van der Waals surface area contributed by atoms with Gasteiger partial charge in [-0.1, -0.05) is 6.07 Å². The Morgan fingerprint density at radius 3 is 2.44 bits per heavy atom. The minimum Gasteiger partial charge on any atom is -0.478 e. The molecular weight excluding hydrogens is 218 g/mol. The number of benzene rings is 1. The molecular formula is C10H8O6. The maximum absolute atomic E-state index is 10.8. The van der Waals surface area contributed by atoms with E-state index in [9.17, 15) is 14.4 Å². The van der Waals surface area contributed by atoms with E-state index in [0.29, 0.717) is 0 Å². The molecule has 6 heteroatoms. The van der Waals surface area contributed by atoms with E-state index >= 15 is 0 Å². The largest absolute Gasteiger partial charge is 0.478 e. The number of carbonyl (C=O) groups is 3.